The molecule has 1 aromatic heterocycles. The van der Waals surface area contributed by atoms with Crippen molar-refractivity contribution in [1.82, 2.24) is 4.98 Å². The maximum absolute atomic E-state index is 13.5. The molecule has 1 unspecified atom stereocenters. The van der Waals surface area contributed by atoms with Crippen molar-refractivity contribution in [1.29, 1.82) is 0 Å². The van der Waals surface area contributed by atoms with Crippen molar-refractivity contribution < 1.29 is 13.2 Å². The summed E-state index contributed by atoms with van der Waals surface area (Å²) < 4.78 is 39.4. The Labute approximate surface area is 109 Å². The molecule has 0 radical (unpaired) electrons. The molecule has 0 aliphatic heterocycles. The van der Waals surface area contributed by atoms with Crippen LogP contribution in [-0.2, 0) is 6.42 Å². The van der Waals surface area contributed by atoms with Gasteiger partial charge >= 0.3 is 0 Å². The number of pyridine rings is 1. The minimum atomic E-state index is -1.48. The molecule has 19 heavy (non-hydrogen) atoms. The quantitative estimate of drug-likeness (QED) is 0.863. The number of rotatable bonds is 4. The number of halogens is 3. The highest BCUT2D eigenvalue weighted by Crippen LogP contribution is 2.23. The van der Waals surface area contributed by atoms with Crippen LogP contribution in [-0.4, -0.2) is 4.98 Å². The van der Waals surface area contributed by atoms with Gasteiger partial charge in [-0.2, -0.15) is 0 Å². The number of hydrogen-bond acceptors (Lipinski definition) is 2. The van der Waals surface area contributed by atoms with E-state index in [1.54, 1.807) is 18.5 Å². The predicted molar refractivity (Wildman–Crippen MR) is 65.8 cm³/mol. The third kappa shape index (κ3) is 3.12. The molecular formula is C14H13F3N2. The van der Waals surface area contributed by atoms with Gasteiger partial charge in [0.25, 0.3) is 0 Å². The lowest BCUT2D eigenvalue weighted by molar-refractivity contribution is 0.433. The summed E-state index contributed by atoms with van der Waals surface area (Å²) in [5.74, 6) is -3.89. The van der Waals surface area contributed by atoms with Crippen LogP contribution in [0.4, 0.5) is 13.2 Å². The lowest BCUT2D eigenvalue weighted by Gasteiger charge is -2.13. The zero-order valence-corrected chi connectivity index (χ0v) is 10.1. The van der Waals surface area contributed by atoms with Gasteiger partial charge in [0.15, 0.2) is 17.5 Å². The summed E-state index contributed by atoms with van der Waals surface area (Å²) >= 11 is 0. The Kier molecular flexibility index (Phi) is 4.16. The monoisotopic (exact) mass is 266 g/mol. The molecule has 2 N–H and O–H groups in total. The van der Waals surface area contributed by atoms with E-state index in [2.05, 4.69) is 4.98 Å². The summed E-state index contributed by atoms with van der Waals surface area (Å²) in [6.45, 7) is 0. The molecule has 100 valence electrons. The summed E-state index contributed by atoms with van der Waals surface area (Å²) in [5, 5.41) is 0. The van der Waals surface area contributed by atoms with Crippen LogP contribution in [0, 0.1) is 17.5 Å². The molecule has 0 spiro atoms. The second-order valence-corrected chi connectivity index (χ2v) is 4.27. The van der Waals surface area contributed by atoms with Gasteiger partial charge in [0.05, 0.1) is 0 Å². The van der Waals surface area contributed by atoms with Gasteiger partial charge in [0.2, 0.25) is 0 Å². The van der Waals surface area contributed by atoms with Crippen LogP contribution in [0.2, 0.25) is 0 Å². The fourth-order valence-electron chi connectivity index (χ4n) is 1.85. The zero-order valence-electron chi connectivity index (χ0n) is 10.1. The average Bonchev–Trinajstić information content (AvgIpc) is 2.43. The van der Waals surface area contributed by atoms with Crippen LogP contribution in [0.15, 0.2) is 36.7 Å². The number of hydrogen-bond donors (Lipinski definition) is 1. The largest absolute Gasteiger partial charge is 0.324 e. The third-order valence-corrected chi connectivity index (χ3v) is 2.93. The van der Waals surface area contributed by atoms with Gasteiger partial charge in [-0.05, 0) is 30.5 Å². The van der Waals surface area contributed by atoms with Gasteiger partial charge in [-0.25, -0.2) is 13.2 Å². The molecule has 1 heterocycles. The van der Waals surface area contributed by atoms with Crippen molar-refractivity contribution in [2.45, 2.75) is 18.9 Å². The van der Waals surface area contributed by atoms with E-state index in [1.165, 1.54) is 6.07 Å². The van der Waals surface area contributed by atoms with Gasteiger partial charge in [0, 0.05) is 24.0 Å². The van der Waals surface area contributed by atoms with E-state index in [1.807, 2.05) is 6.07 Å². The van der Waals surface area contributed by atoms with E-state index in [9.17, 15) is 13.2 Å². The van der Waals surface area contributed by atoms with Crippen LogP contribution >= 0.6 is 0 Å². The van der Waals surface area contributed by atoms with E-state index in [4.69, 9.17) is 5.73 Å². The fourth-order valence-corrected chi connectivity index (χ4v) is 1.85. The smallest absolute Gasteiger partial charge is 0.194 e. The predicted octanol–water partition coefficient (Wildman–Crippen LogP) is 3.13. The van der Waals surface area contributed by atoms with Crippen LogP contribution in [0.25, 0.3) is 0 Å². The summed E-state index contributed by atoms with van der Waals surface area (Å²) in [5.41, 5.74) is 6.76. The van der Waals surface area contributed by atoms with Crippen molar-refractivity contribution in [3.05, 3.63) is 65.2 Å². The molecule has 1 aromatic carbocycles. The maximum atomic E-state index is 13.5. The topological polar surface area (TPSA) is 38.9 Å². The summed E-state index contributed by atoms with van der Waals surface area (Å²) in [4.78, 5) is 3.95. The Morgan fingerprint density at radius 3 is 2.58 bits per heavy atom. The first-order valence-corrected chi connectivity index (χ1v) is 5.87. The second kappa shape index (κ2) is 5.84. The van der Waals surface area contributed by atoms with Gasteiger partial charge in [0.1, 0.15) is 0 Å². The van der Waals surface area contributed by atoms with Gasteiger partial charge in [-0.1, -0.05) is 12.1 Å². The zero-order chi connectivity index (χ0) is 13.8. The van der Waals surface area contributed by atoms with Crippen LogP contribution < -0.4 is 5.73 Å². The molecule has 0 aliphatic carbocycles. The molecule has 2 nitrogen and oxygen atoms in total. The highest BCUT2D eigenvalue weighted by Gasteiger charge is 2.18. The molecule has 2 rings (SSSR count). The summed E-state index contributed by atoms with van der Waals surface area (Å²) in [7, 11) is 0. The van der Waals surface area contributed by atoms with E-state index < -0.39 is 23.5 Å². The Hall–Kier alpha value is -1.88. The molecule has 0 saturated heterocycles. The molecule has 0 bridgehead atoms. The maximum Gasteiger partial charge on any atom is 0.194 e. The molecule has 0 amide bonds. The fraction of sp³-hybridized carbons (Fsp3) is 0.214. The van der Waals surface area contributed by atoms with E-state index >= 15 is 0 Å². The first-order valence-electron chi connectivity index (χ1n) is 5.87. The Bertz CT molecular complexity index is 558. The third-order valence-electron chi connectivity index (χ3n) is 2.93. The standard InChI is InChI=1S/C14H13F3N2/c15-11-5-4-10(13(16)14(11)17)12(18)6-3-9-2-1-7-19-8-9/h1-2,4-5,7-8,12H,3,6,18H2. The van der Waals surface area contributed by atoms with Crippen molar-refractivity contribution in [2.24, 2.45) is 5.73 Å². The summed E-state index contributed by atoms with van der Waals surface area (Å²) in [6.07, 6.45) is 4.36. The molecule has 1 atom stereocenters. The van der Waals surface area contributed by atoms with Crippen molar-refractivity contribution in [3.63, 3.8) is 0 Å². The minimum Gasteiger partial charge on any atom is -0.324 e. The molecule has 5 heteroatoms. The number of nitrogens with zero attached hydrogens (tertiary/aromatic N) is 1. The molecular weight excluding hydrogens is 253 g/mol. The van der Waals surface area contributed by atoms with Crippen LogP contribution in [0.3, 0.4) is 0 Å². The number of aryl methyl sites for hydroxylation is 1. The normalized spacial score (nSPS) is 12.4. The Morgan fingerprint density at radius 1 is 1.11 bits per heavy atom. The number of aromatic nitrogens is 1. The number of benzene rings is 1. The molecule has 0 saturated carbocycles. The molecule has 0 aliphatic rings. The average molecular weight is 266 g/mol. The van der Waals surface area contributed by atoms with Crippen molar-refractivity contribution >= 4 is 0 Å². The first-order chi connectivity index (χ1) is 9.09. The van der Waals surface area contributed by atoms with Crippen molar-refractivity contribution in [3.8, 4) is 0 Å². The first kappa shape index (κ1) is 13.5. The van der Waals surface area contributed by atoms with Crippen LogP contribution in [0.1, 0.15) is 23.6 Å². The van der Waals surface area contributed by atoms with E-state index in [-0.39, 0.29) is 5.56 Å². The van der Waals surface area contributed by atoms with Gasteiger partial charge in [-0.3, -0.25) is 4.98 Å². The molecule has 0 fully saturated rings. The molecule has 2 aromatic rings. The lowest BCUT2D eigenvalue weighted by atomic mass is 10.00. The van der Waals surface area contributed by atoms with Gasteiger partial charge < -0.3 is 5.73 Å². The van der Waals surface area contributed by atoms with Gasteiger partial charge in [-0.15, -0.1) is 0 Å². The minimum absolute atomic E-state index is 0.0113. The Morgan fingerprint density at radius 2 is 1.89 bits per heavy atom. The number of nitrogens with two attached hydrogens (primary N) is 1. The lowest BCUT2D eigenvalue weighted by Crippen LogP contribution is -2.14. The highest BCUT2D eigenvalue weighted by molar-refractivity contribution is 5.23. The highest BCUT2D eigenvalue weighted by atomic mass is 19.2. The SMILES string of the molecule is NC(CCc1cccnc1)c1ccc(F)c(F)c1F. The summed E-state index contributed by atoms with van der Waals surface area (Å²) in [6, 6.07) is 5.05. The van der Waals surface area contributed by atoms with E-state index in [0.717, 1.165) is 11.6 Å². The Balaban J connectivity index is 2.08. The van der Waals surface area contributed by atoms with E-state index in [0.29, 0.717) is 12.8 Å². The van der Waals surface area contributed by atoms with Crippen LogP contribution in [0.5, 0.6) is 0 Å². The second-order valence-electron chi connectivity index (χ2n) is 4.27. The van der Waals surface area contributed by atoms with Crippen molar-refractivity contribution in [2.75, 3.05) is 0 Å².